The normalized spacial score (nSPS) is 15.9. The third kappa shape index (κ3) is 14.5. The quantitative estimate of drug-likeness (QED) is 0.00642. The number of hydrogen-bond acceptors (Lipinski definition) is 15. The summed E-state index contributed by atoms with van der Waals surface area (Å²) >= 11 is 1.17. The zero-order chi connectivity index (χ0) is 59.4. The van der Waals surface area contributed by atoms with Gasteiger partial charge in [-0.1, -0.05) is 163 Å². The molecule has 0 saturated carbocycles. The van der Waals surface area contributed by atoms with E-state index in [2.05, 4.69) is 20.8 Å². The summed E-state index contributed by atoms with van der Waals surface area (Å²) in [5.41, 5.74) is 10.4. The molecule has 2 amide bonds. The van der Waals surface area contributed by atoms with Crippen LogP contribution in [-0.4, -0.2) is 100 Å². The number of nitrogens with one attached hydrogen (secondary N) is 2. The number of oxime groups is 1. The second kappa shape index (κ2) is 26.5. The van der Waals surface area contributed by atoms with Crippen molar-refractivity contribution in [2.75, 3.05) is 25.0 Å². The first-order valence-corrected chi connectivity index (χ1v) is 29.7. The first-order chi connectivity index (χ1) is 40.4. The molecule has 0 spiro atoms. The number of alkyl carbamates (subject to hydrolysis) is 1. The zero-order valence-electron chi connectivity index (χ0n) is 46.9. The van der Waals surface area contributed by atoms with E-state index in [4.69, 9.17) is 29.8 Å². The summed E-state index contributed by atoms with van der Waals surface area (Å²) in [7, 11) is -4.91. The number of benzene rings is 6. The lowest BCUT2D eigenvalue weighted by Gasteiger charge is -2.41. The summed E-state index contributed by atoms with van der Waals surface area (Å²) in [5, 5.41) is 12.8. The van der Waals surface area contributed by atoms with Gasteiger partial charge in [0.2, 0.25) is 5.91 Å². The molecule has 0 aliphatic carbocycles. The van der Waals surface area contributed by atoms with Crippen molar-refractivity contribution in [3.05, 3.63) is 220 Å². The predicted molar refractivity (Wildman–Crippen MR) is 319 cm³/mol. The highest BCUT2D eigenvalue weighted by Crippen LogP contribution is 2.41. The number of carbonyl (C=O) groups is 4. The van der Waals surface area contributed by atoms with Gasteiger partial charge in [0, 0.05) is 38.0 Å². The Hall–Kier alpha value is -8.92. The second-order valence-electron chi connectivity index (χ2n) is 21.2. The number of thiazole rings is 1. The van der Waals surface area contributed by atoms with E-state index in [-0.39, 0.29) is 11.4 Å². The van der Waals surface area contributed by atoms with Crippen LogP contribution in [0.4, 0.5) is 9.93 Å². The fraction of sp³-hybridized carbons (Fsp3) is 0.286. The number of carbonyl (C=O) groups excluding carboxylic acids is 4. The minimum atomic E-state index is -4.91. The molecular weight excluding hydrogens is 1110 g/mol. The number of nitrogens with two attached hydrogens (primary N) is 1. The molecule has 2 aliphatic heterocycles. The molecule has 21 heteroatoms. The number of ether oxygens (including phenoxy) is 3. The Bertz CT molecular complexity index is 3450. The van der Waals surface area contributed by atoms with Gasteiger partial charge in [-0.25, -0.2) is 18.9 Å². The van der Waals surface area contributed by atoms with E-state index in [0.717, 1.165) is 27.8 Å². The molecule has 3 atom stereocenters. The molecule has 84 heavy (non-hydrogen) atoms. The van der Waals surface area contributed by atoms with E-state index < -0.39 is 82.4 Å². The first kappa shape index (κ1) is 59.7. The maximum atomic E-state index is 14.8. The smallest absolute Gasteiger partial charge is 0.407 e. The van der Waals surface area contributed by atoms with Crippen LogP contribution >= 0.6 is 11.3 Å². The highest BCUT2D eigenvalue weighted by molar-refractivity contribution is 7.84. The summed E-state index contributed by atoms with van der Waals surface area (Å²) in [6.45, 7) is 8.16. The Morgan fingerprint density at radius 3 is 1.90 bits per heavy atom. The summed E-state index contributed by atoms with van der Waals surface area (Å²) < 4.78 is 52.4. The number of aromatic nitrogens is 1. The van der Waals surface area contributed by atoms with Gasteiger partial charge in [0.05, 0.1) is 12.0 Å². The zero-order valence-corrected chi connectivity index (χ0v) is 48.5. The molecule has 5 N–H and O–H groups in total. The van der Waals surface area contributed by atoms with Gasteiger partial charge < -0.3 is 40.3 Å². The van der Waals surface area contributed by atoms with E-state index in [1.807, 2.05) is 169 Å². The molecule has 2 aliphatic rings. The average Bonchev–Trinajstić information content (AvgIpc) is 1.45. The maximum Gasteiger partial charge on any atom is 0.407 e. The Labute approximate surface area is 492 Å². The number of ketones is 1. The SMILES string of the molecule is C[C@H]1[C@H](CC(=O)/C(=N\O[C@@H](COc2ccc3c(c2)CN(C(N)=NCCCCNC(=O)OC(C)(C)C)C3)C(=O)OC(c2ccccc2)c2ccccc2)c2csc(NC(c3ccccc3)(c3ccccc3)c3ccccc3)n2)C(=O)N1S(=O)(=O)O. The molecule has 1 saturated heterocycles. The topological polar surface area (TPSA) is 254 Å². The van der Waals surface area contributed by atoms with E-state index >= 15 is 0 Å². The standard InChI is InChI=1S/C63H66N8O11S2/c1-42-51(57(73)71(42)84(76,77)78)37-53(72)55(52-41-83-60(67-52)68-63(47-26-14-7-15-27-47,48-28-16-8-17-29-48)49-30-18-9-19-31-49)69-82-54(58(74)80-56(43-22-10-5-11-23-43)44-24-12-6-13-25-44)40-79-50-33-32-45-38-70(39-46(45)36-50)59(64)65-34-20-21-35-66-61(75)81-62(2,3)4/h5-19,22-33,36,41-42,51,54,56H,20-21,34-35,37-40H2,1-4H3,(H2,64,65)(H,66,75)(H,67,68)(H,76,77,78)/b69-55-/t42-,51-,54-/m0/s1. The molecule has 7 aromatic rings. The number of anilines is 1. The molecule has 9 rings (SSSR count). The van der Waals surface area contributed by atoms with E-state index in [0.29, 0.717) is 71.3 Å². The molecule has 1 fully saturated rings. The van der Waals surface area contributed by atoms with Crippen molar-refractivity contribution >= 4 is 62.2 Å². The number of fused-ring (bicyclic) bond motifs is 1. The van der Waals surface area contributed by atoms with E-state index in [9.17, 15) is 32.1 Å². The number of β-lactam (4-membered cyclic amide) rings is 1. The average molecular weight is 1180 g/mol. The van der Waals surface area contributed by atoms with Crippen molar-refractivity contribution < 1.29 is 51.2 Å². The third-order valence-electron chi connectivity index (χ3n) is 14.2. The molecule has 0 bridgehead atoms. The monoisotopic (exact) mass is 1170 g/mol. The van der Waals surface area contributed by atoms with Crippen molar-refractivity contribution in [1.29, 1.82) is 0 Å². The molecule has 436 valence electrons. The highest BCUT2D eigenvalue weighted by atomic mass is 32.2. The molecule has 19 nitrogen and oxygen atoms in total. The molecule has 0 unspecified atom stereocenters. The van der Waals surface area contributed by atoms with Gasteiger partial charge in [0.25, 0.3) is 6.10 Å². The van der Waals surface area contributed by atoms with Crippen molar-refractivity contribution in [3.8, 4) is 5.75 Å². The largest absolute Gasteiger partial charge is 0.489 e. The van der Waals surface area contributed by atoms with Gasteiger partial charge in [0.1, 0.15) is 29.2 Å². The number of Topliss-reactive ketones (excluding diaryl/α,β-unsaturated/α-hetero) is 1. The van der Waals surface area contributed by atoms with Crippen molar-refractivity contribution in [1.82, 2.24) is 19.5 Å². The van der Waals surface area contributed by atoms with E-state index in [1.165, 1.54) is 18.3 Å². The number of unbranched alkanes of at least 4 members (excludes halogenated alkanes) is 1. The Morgan fingerprint density at radius 2 is 1.36 bits per heavy atom. The van der Waals surface area contributed by atoms with Crippen LogP contribution in [0.3, 0.4) is 0 Å². The molecule has 1 aromatic heterocycles. The number of nitrogens with zero attached hydrogens (tertiary/aromatic N) is 5. The van der Waals surface area contributed by atoms with Gasteiger partial charge in [-0.15, -0.1) is 11.3 Å². The molecule has 0 radical (unpaired) electrons. The molecule has 3 heterocycles. The molecule has 6 aromatic carbocycles. The van der Waals surface area contributed by atoms with Crippen LogP contribution in [0, 0.1) is 5.92 Å². The Balaban J connectivity index is 1.01. The number of esters is 1. The van der Waals surface area contributed by atoms with Crippen molar-refractivity contribution in [2.45, 2.75) is 89.4 Å². The lowest BCUT2D eigenvalue weighted by atomic mass is 9.77. The minimum Gasteiger partial charge on any atom is -0.489 e. The third-order valence-corrected chi connectivity index (χ3v) is 16.0. The number of amides is 2. The van der Waals surface area contributed by atoms with Crippen molar-refractivity contribution in [2.24, 2.45) is 21.8 Å². The molecular formula is C63H66N8O11S2. The summed E-state index contributed by atoms with van der Waals surface area (Å²) in [6, 6.07) is 52.1. The van der Waals surface area contributed by atoms with Crippen LogP contribution < -0.4 is 21.1 Å². The summed E-state index contributed by atoms with van der Waals surface area (Å²) in [5.74, 6) is -3.07. The fourth-order valence-corrected chi connectivity index (χ4v) is 11.7. The van der Waals surface area contributed by atoms with Gasteiger partial charge in [-0.3, -0.25) is 19.1 Å². The number of hydrogen-bond donors (Lipinski definition) is 4. The summed E-state index contributed by atoms with van der Waals surface area (Å²) in [4.78, 5) is 72.5. The van der Waals surface area contributed by atoms with Gasteiger partial charge in [0.15, 0.2) is 28.7 Å². The Kier molecular flexibility index (Phi) is 18.9. The predicted octanol–water partition coefficient (Wildman–Crippen LogP) is 9.59. The van der Waals surface area contributed by atoms with E-state index in [1.54, 1.807) is 32.2 Å². The van der Waals surface area contributed by atoms with Crippen LogP contribution in [-0.2, 0) is 57.6 Å². The minimum absolute atomic E-state index is 0.0160. The number of aliphatic imine (C=N–C) groups is 1. The van der Waals surface area contributed by atoms with Crippen molar-refractivity contribution in [3.63, 3.8) is 0 Å². The lowest BCUT2D eigenvalue weighted by Crippen LogP contribution is -2.62. The van der Waals surface area contributed by atoms with Crippen LogP contribution in [0.15, 0.2) is 185 Å². The first-order valence-electron chi connectivity index (χ1n) is 27.4. The van der Waals surface area contributed by atoms with Crippen LogP contribution in [0.2, 0.25) is 0 Å². The number of guanidine groups is 1. The fourth-order valence-electron chi connectivity index (χ4n) is 10.0. The maximum absolute atomic E-state index is 14.8. The van der Waals surface area contributed by atoms with Gasteiger partial charge in [-0.2, -0.15) is 8.42 Å². The van der Waals surface area contributed by atoms with Crippen LogP contribution in [0.5, 0.6) is 5.75 Å². The van der Waals surface area contributed by atoms with Gasteiger partial charge >= 0.3 is 22.4 Å². The van der Waals surface area contributed by atoms with Crippen LogP contribution in [0.1, 0.15) is 97.7 Å². The van der Waals surface area contributed by atoms with Crippen LogP contribution in [0.25, 0.3) is 0 Å². The highest BCUT2D eigenvalue weighted by Gasteiger charge is 2.51. The second-order valence-corrected chi connectivity index (χ2v) is 23.4. The van der Waals surface area contributed by atoms with Gasteiger partial charge in [-0.05, 0) is 91.6 Å². The Morgan fingerprint density at radius 1 is 0.798 bits per heavy atom. The summed E-state index contributed by atoms with van der Waals surface area (Å²) in [6.07, 6.45) is -2.20. The number of rotatable bonds is 24. The lowest BCUT2D eigenvalue weighted by molar-refractivity contribution is -0.163.